The maximum Gasteiger partial charge on any atom is 0.132 e. The summed E-state index contributed by atoms with van der Waals surface area (Å²) >= 11 is 0. The fraction of sp³-hybridized carbons (Fsp3) is 1.00. The van der Waals surface area contributed by atoms with Gasteiger partial charge in [0.2, 0.25) is 0 Å². The molecule has 1 fully saturated rings. The molecule has 1 aliphatic rings. The van der Waals surface area contributed by atoms with E-state index in [9.17, 15) is 0 Å². The molecule has 0 aromatic heterocycles. The van der Waals surface area contributed by atoms with Gasteiger partial charge in [-0.25, -0.2) is 5.48 Å². The Morgan fingerprint density at radius 2 is 2.50 bits per heavy atom. The number of hydrogen-bond donors (Lipinski definition) is 1. The summed E-state index contributed by atoms with van der Waals surface area (Å²) in [4.78, 5) is 7.61. The quantitative estimate of drug-likeness (QED) is 0.586. The van der Waals surface area contributed by atoms with Crippen LogP contribution in [0, 0.1) is 0 Å². The fourth-order valence-corrected chi connectivity index (χ4v) is 1.43. The van der Waals surface area contributed by atoms with Gasteiger partial charge in [-0.3, -0.25) is 9.74 Å². The zero-order chi connectivity index (χ0) is 7.40. The Kier molecular flexibility index (Phi) is 3.12. The van der Waals surface area contributed by atoms with E-state index in [0.717, 1.165) is 13.0 Å². The highest BCUT2D eigenvalue weighted by atomic mass is 16.7. The Bertz CT molecular complexity index is 97.6. The SMILES string of the molecule is CCN1CCCC1ONC. The highest BCUT2D eigenvalue weighted by molar-refractivity contribution is 4.69. The van der Waals surface area contributed by atoms with Gasteiger partial charge in [0, 0.05) is 13.6 Å². The van der Waals surface area contributed by atoms with Crippen molar-refractivity contribution in [1.82, 2.24) is 10.4 Å². The van der Waals surface area contributed by atoms with E-state index in [1.54, 1.807) is 0 Å². The van der Waals surface area contributed by atoms with Crippen molar-refractivity contribution in [3.05, 3.63) is 0 Å². The molecule has 0 radical (unpaired) electrons. The third kappa shape index (κ3) is 1.68. The lowest BCUT2D eigenvalue weighted by molar-refractivity contribution is -0.0809. The molecule has 0 bridgehead atoms. The first-order valence-corrected chi connectivity index (χ1v) is 3.95. The van der Waals surface area contributed by atoms with Gasteiger partial charge in [0.25, 0.3) is 0 Å². The van der Waals surface area contributed by atoms with Gasteiger partial charge in [-0.1, -0.05) is 6.92 Å². The normalized spacial score (nSPS) is 27.6. The molecule has 0 aromatic carbocycles. The van der Waals surface area contributed by atoms with Crippen molar-refractivity contribution in [3.63, 3.8) is 0 Å². The standard InChI is InChI=1S/C7H16N2O/c1-3-9-6-4-5-7(9)10-8-2/h7-8H,3-6H2,1-2H3. The lowest BCUT2D eigenvalue weighted by Crippen LogP contribution is -2.34. The minimum atomic E-state index is 0.315. The molecule has 1 aliphatic heterocycles. The molecule has 1 unspecified atom stereocenters. The maximum absolute atomic E-state index is 5.28. The lowest BCUT2D eigenvalue weighted by atomic mass is 10.4. The summed E-state index contributed by atoms with van der Waals surface area (Å²) in [5.41, 5.74) is 2.73. The molecule has 1 N–H and O–H groups in total. The van der Waals surface area contributed by atoms with Crippen LogP contribution in [0.1, 0.15) is 19.8 Å². The van der Waals surface area contributed by atoms with Crippen LogP contribution >= 0.6 is 0 Å². The summed E-state index contributed by atoms with van der Waals surface area (Å²) in [5, 5.41) is 0. The number of nitrogens with zero attached hydrogens (tertiary/aromatic N) is 1. The number of nitrogens with one attached hydrogen (secondary N) is 1. The molecule has 60 valence electrons. The number of rotatable bonds is 3. The molecule has 10 heavy (non-hydrogen) atoms. The van der Waals surface area contributed by atoms with Gasteiger partial charge in [0.15, 0.2) is 0 Å². The predicted molar refractivity (Wildman–Crippen MR) is 40.4 cm³/mol. The summed E-state index contributed by atoms with van der Waals surface area (Å²) < 4.78 is 0. The first kappa shape index (κ1) is 7.98. The van der Waals surface area contributed by atoms with Gasteiger partial charge in [0.05, 0.1) is 0 Å². The first-order valence-electron chi connectivity index (χ1n) is 3.95. The van der Waals surface area contributed by atoms with Crippen LogP contribution in [0.4, 0.5) is 0 Å². The summed E-state index contributed by atoms with van der Waals surface area (Å²) in [6, 6.07) is 0. The van der Waals surface area contributed by atoms with E-state index in [1.165, 1.54) is 13.0 Å². The summed E-state index contributed by atoms with van der Waals surface area (Å²) in [7, 11) is 1.81. The van der Waals surface area contributed by atoms with E-state index in [1.807, 2.05) is 7.05 Å². The molecule has 0 aliphatic carbocycles. The summed E-state index contributed by atoms with van der Waals surface area (Å²) in [6.45, 7) is 4.44. The Labute approximate surface area is 62.3 Å². The maximum atomic E-state index is 5.28. The topological polar surface area (TPSA) is 24.5 Å². The summed E-state index contributed by atoms with van der Waals surface area (Å²) in [5.74, 6) is 0. The first-order chi connectivity index (χ1) is 4.88. The van der Waals surface area contributed by atoms with Crippen LogP contribution in [0.25, 0.3) is 0 Å². The van der Waals surface area contributed by atoms with Crippen LogP contribution in [0.15, 0.2) is 0 Å². The number of likely N-dealkylation sites (tertiary alicyclic amines) is 1. The molecule has 3 nitrogen and oxygen atoms in total. The monoisotopic (exact) mass is 144 g/mol. The van der Waals surface area contributed by atoms with E-state index < -0.39 is 0 Å². The highest BCUT2D eigenvalue weighted by Crippen LogP contribution is 2.15. The molecular formula is C7H16N2O. The molecule has 0 amide bonds. The second-order valence-electron chi connectivity index (χ2n) is 2.55. The third-order valence-electron chi connectivity index (χ3n) is 1.96. The van der Waals surface area contributed by atoms with E-state index in [4.69, 9.17) is 4.84 Å². The fourth-order valence-electron chi connectivity index (χ4n) is 1.43. The zero-order valence-corrected chi connectivity index (χ0v) is 6.76. The largest absolute Gasteiger partial charge is 0.283 e. The average Bonchev–Trinajstić information content (AvgIpc) is 2.36. The van der Waals surface area contributed by atoms with E-state index in [0.29, 0.717) is 6.23 Å². The van der Waals surface area contributed by atoms with E-state index in [-0.39, 0.29) is 0 Å². The van der Waals surface area contributed by atoms with Gasteiger partial charge in [0.1, 0.15) is 6.23 Å². The molecule has 0 saturated carbocycles. The lowest BCUT2D eigenvalue weighted by Gasteiger charge is -2.21. The average molecular weight is 144 g/mol. The molecule has 1 rings (SSSR count). The van der Waals surface area contributed by atoms with Crippen LogP contribution in [0.5, 0.6) is 0 Å². The molecule has 1 saturated heterocycles. The van der Waals surface area contributed by atoms with Gasteiger partial charge in [-0.15, -0.1) is 0 Å². The smallest absolute Gasteiger partial charge is 0.132 e. The van der Waals surface area contributed by atoms with Crippen molar-refractivity contribution in [2.24, 2.45) is 0 Å². The molecule has 0 aromatic rings. The molecule has 1 heterocycles. The van der Waals surface area contributed by atoms with Crippen molar-refractivity contribution >= 4 is 0 Å². The van der Waals surface area contributed by atoms with Crippen molar-refractivity contribution in [3.8, 4) is 0 Å². The van der Waals surface area contributed by atoms with Gasteiger partial charge < -0.3 is 0 Å². The minimum absolute atomic E-state index is 0.315. The molecule has 1 atom stereocenters. The Morgan fingerprint density at radius 3 is 3.10 bits per heavy atom. The number of hydrogen-bond acceptors (Lipinski definition) is 3. The van der Waals surface area contributed by atoms with Crippen LogP contribution in [0.3, 0.4) is 0 Å². The Hall–Kier alpha value is -0.120. The highest BCUT2D eigenvalue weighted by Gasteiger charge is 2.22. The molecule has 0 spiro atoms. The zero-order valence-electron chi connectivity index (χ0n) is 6.76. The minimum Gasteiger partial charge on any atom is -0.283 e. The van der Waals surface area contributed by atoms with Crippen LogP contribution < -0.4 is 5.48 Å². The van der Waals surface area contributed by atoms with Crippen LogP contribution in [0.2, 0.25) is 0 Å². The van der Waals surface area contributed by atoms with E-state index in [2.05, 4.69) is 17.3 Å². The second kappa shape index (κ2) is 3.91. The van der Waals surface area contributed by atoms with Gasteiger partial charge in [-0.05, 0) is 19.4 Å². The predicted octanol–water partition coefficient (Wildman–Crippen LogP) is 0.579. The number of hydroxylamine groups is 1. The van der Waals surface area contributed by atoms with Crippen molar-refractivity contribution < 1.29 is 4.84 Å². The van der Waals surface area contributed by atoms with Crippen molar-refractivity contribution in [1.29, 1.82) is 0 Å². The third-order valence-corrected chi connectivity index (χ3v) is 1.96. The molecule has 3 heteroatoms. The second-order valence-corrected chi connectivity index (χ2v) is 2.55. The summed E-state index contributed by atoms with van der Waals surface area (Å²) in [6.07, 6.45) is 2.74. The van der Waals surface area contributed by atoms with Gasteiger partial charge in [-0.2, -0.15) is 0 Å². The van der Waals surface area contributed by atoms with Crippen LogP contribution in [-0.4, -0.2) is 31.3 Å². The van der Waals surface area contributed by atoms with Gasteiger partial charge >= 0.3 is 0 Å². The van der Waals surface area contributed by atoms with Crippen molar-refractivity contribution in [2.45, 2.75) is 26.0 Å². The van der Waals surface area contributed by atoms with E-state index >= 15 is 0 Å². The molecular weight excluding hydrogens is 128 g/mol. The van der Waals surface area contributed by atoms with Crippen molar-refractivity contribution in [2.75, 3.05) is 20.1 Å². The Morgan fingerprint density at radius 1 is 1.70 bits per heavy atom. The Balaban J connectivity index is 2.27. The van der Waals surface area contributed by atoms with Crippen LogP contribution in [-0.2, 0) is 4.84 Å².